The van der Waals surface area contributed by atoms with Gasteiger partial charge in [-0.25, -0.2) is 9.78 Å². The van der Waals surface area contributed by atoms with Crippen LogP contribution in [0.3, 0.4) is 0 Å². The SMILES string of the molecule is COC(=O)c1ncc(NC(=O)c2ccccc2)c(=O)n1CC(=O)C(C)(C)C. The molecule has 0 aliphatic heterocycles. The lowest BCUT2D eigenvalue weighted by atomic mass is 9.91. The summed E-state index contributed by atoms with van der Waals surface area (Å²) < 4.78 is 5.55. The molecule has 1 heterocycles. The summed E-state index contributed by atoms with van der Waals surface area (Å²) in [7, 11) is 1.15. The number of amides is 1. The Balaban J connectivity index is 2.45. The molecule has 8 heteroatoms. The number of hydrogen-bond acceptors (Lipinski definition) is 6. The molecule has 0 spiro atoms. The fourth-order valence-corrected chi connectivity index (χ4v) is 2.14. The van der Waals surface area contributed by atoms with Gasteiger partial charge in [-0.1, -0.05) is 39.0 Å². The lowest BCUT2D eigenvalue weighted by Crippen LogP contribution is -2.36. The number of Topliss-reactive ketones (excluding diaryl/α,β-unsaturated/α-hetero) is 1. The quantitative estimate of drug-likeness (QED) is 0.805. The van der Waals surface area contributed by atoms with Gasteiger partial charge < -0.3 is 10.1 Å². The van der Waals surface area contributed by atoms with Crippen molar-refractivity contribution in [3.63, 3.8) is 0 Å². The van der Waals surface area contributed by atoms with Crippen LogP contribution in [0.25, 0.3) is 0 Å². The van der Waals surface area contributed by atoms with Gasteiger partial charge in [0.15, 0.2) is 5.78 Å². The third kappa shape index (κ3) is 4.66. The minimum absolute atomic E-state index is 0.141. The van der Waals surface area contributed by atoms with Crippen molar-refractivity contribution in [2.45, 2.75) is 27.3 Å². The van der Waals surface area contributed by atoms with Crippen molar-refractivity contribution < 1.29 is 19.1 Å². The topological polar surface area (TPSA) is 107 Å². The largest absolute Gasteiger partial charge is 0.463 e. The summed E-state index contributed by atoms with van der Waals surface area (Å²) in [6, 6.07) is 8.32. The van der Waals surface area contributed by atoms with Gasteiger partial charge in [0.1, 0.15) is 5.69 Å². The van der Waals surface area contributed by atoms with Crippen LogP contribution in [0, 0.1) is 5.41 Å². The number of rotatable bonds is 5. The molecule has 27 heavy (non-hydrogen) atoms. The van der Waals surface area contributed by atoms with Crippen LogP contribution in [0.4, 0.5) is 5.69 Å². The molecule has 0 radical (unpaired) electrons. The number of carbonyl (C=O) groups is 3. The summed E-state index contributed by atoms with van der Waals surface area (Å²) in [5, 5.41) is 2.46. The van der Waals surface area contributed by atoms with Crippen LogP contribution >= 0.6 is 0 Å². The molecule has 0 aliphatic carbocycles. The second kappa shape index (κ2) is 7.94. The van der Waals surface area contributed by atoms with Crippen molar-refractivity contribution in [2.24, 2.45) is 5.41 Å². The summed E-state index contributed by atoms with van der Waals surface area (Å²) in [6.07, 6.45) is 1.08. The number of aromatic nitrogens is 2. The van der Waals surface area contributed by atoms with Gasteiger partial charge >= 0.3 is 5.97 Å². The highest BCUT2D eigenvalue weighted by Crippen LogP contribution is 2.16. The zero-order valence-electron chi connectivity index (χ0n) is 15.6. The molecule has 2 rings (SSSR count). The van der Waals surface area contributed by atoms with Crippen molar-refractivity contribution in [1.29, 1.82) is 0 Å². The van der Waals surface area contributed by atoms with Crippen molar-refractivity contribution in [3.05, 3.63) is 58.3 Å². The van der Waals surface area contributed by atoms with Crippen LogP contribution < -0.4 is 10.9 Å². The van der Waals surface area contributed by atoms with E-state index in [2.05, 4.69) is 15.0 Å². The van der Waals surface area contributed by atoms with Gasteiger partial charge in [0.2, 0.25) is 5.82 Å². The number of nitrogens with one attached hydrogen (secondary N) is 1. The Morgan fingerprint density at radius 3 is 2.33 bits per heavy atom. The number of benzene rings is 1. The maximum Gasteiger partial charge on any atom is 0.374 e. The van der Waals surface area contributed by atoms with Crippen LogP contribution in [-0.2, 0) is 16.1 Å². The van der Waals surface area contributed by atoms with Crippen LogP contribution in [0.15, 0.2) is 41.3 Å². The average molecular weight is 371 g/mol. The zero-order chi connectivity index (χ0) is 20.2. The summed E-state index contributed by atoms with van der Waals surface area (Å²) in [6.45, 7) is 4.74. The Kier molecular flexibility index (Phi) is 5.89. The van der Waals surface area contributed by atoms with E-state index in [4.69, 9.17) is 0 Å². The third-order valence-electron chi connectivity index (χ3n) is 3.84. The lowest BCUT2D eigenvalue weighted by Gasteiger charge is -2.19. The first kappa shape index (κ1) is 20.0. The molecule has 2 aromatic rings. The van der Waals surface area contributed by atoms with E-state index in [0.29, 0.717) is 5.56 Å². The molecule has 0 atom stereocenters. The maximum atomic E-state index is 12.8. The fraction of sp³-hybridized carbons (Fsp3) is 0.316. The predicted octanol–water partition coefficient (Wildman–Crippen LogP) is 1.90. The smallest absolute Gasteiger partial charge is 0.374 e. The van der Waals surface area contributed by atoms with Crippen LogP contribution in [-0.4, -0.2) is 34.3 Å². The lowest BCUT2D eigenvalue weighted by molar-refractivity contribution is -0.126. The minimum Gasteiger partial charge on any atom is -0.463 e. The Morgan fingerprint density at radius 1 is 1.15 bits per heavy atom. The van der Waals surface area contributed by atoms with E-state index in [1.165, 1.54) is 0 Å². The number of anilines is 1. The number of hydrogen-bond donors (Lipinski definition) is 1. The van der Waals surface area contributed by atoms with Crippen molar-refractivity contribution >= 4 is 23.3 Å². The zero-order valence-corrected chi connectivity index (χ0v) is 15.6. The summed E-state index contributed by atoms with van der Waals surface area (Å²) in [4.78, 5) is 53.3. The predicted molar refractivity (Wildman–Crippen MR) is 98.7 cm³/mol. The molecule has 1 aromatic carbocycles. The molecule has 1 aromatic heterocycles. The third-order valence-corrected chi connectivity index (χ3v) is 3.84. The van der Waals surface area contributed by atoms with E-state index >= 15 is 0 Å². The summed E-state index contributed by atoms with van der Waals surface area (Å²) in [5.74, 6) is -1.94. The molecular weight excluding hydrogens is 350 g/mol. The van der Waals surface area contributed by atoms with Gasteiger partial charge in [0.05, 0.1) is 19.9 Å². The Labute approximate surface area is 156 Å². The Bertz CT molecular complexity index is 927. The molecule has 1 amide bonds. The monoisotopic (exact) mass is 371 g/mol. The van der Waals surface area contributed by atoms with Gasteiger partial charge in [-0.15, -0.1) is 0 Å². The van der Waals surface area contributed by atoms with E-state index in [1.807, 2.05) is 0 Å². The van der Waals surface area contributed by atoms with Gasteiger partial charge in [-0.05, 0) is 12.1 Å². The standard InChI is InChI=1S/C19H21N3O5/c1-19(2,3)14(23)11-22-15(18(26)27-4)20-10-13(17(22)25)21-16(24)12-8-6-5-7-9-12/h5-10H,11H2,1-4H3,(H,21,24). The average Bonchev–Trinajstić information content (AvgIpc) is 2.64. The fourth-order valence-electron chi connectivity index (χ4n) is 2.14. The van der Waals surface area contributed by atoms with E-state index in [0.717, 1.165) is 17.9 Å². The van der Waals surface area contributed by atoms with E-state index in [-0.39, 0.29) is 23.8 Å². The highest BCUT2D eigenvalue weighted by molar-refractivity contribution is 6.04. The molecule has 0 fully saturated rings. The van der Waals surface area contributed by atoms with Crippen LogP contribution in [0.5, 0.6) is 0 Å². The summed E-state index contributed by atoms with van der Waals surface area (Å²) in [5.41, 5.74) is -1.23. The first-order valence-electron chi connectivity index (χ1n) is 8.23. The van der Waals surface area contributed by atoms with Gasteiger partial charge in [-0.2, -0.15) is 0 Å². The van der Waals surface area contributed by atoms with Gasteiger partial charge in [-0.3, -0.25) is 19.0 Å². The van der Waals surface area contributed by atoms with E-state index < -0.39 is 22.9 Å². The number of carbonyl (C=O) groups excluding carboxylic acids is 3. The molecule has 0 aliphatic rings. The first-order chi connectivity index (χ1) is 12.6. The van der Waals surface area contributed by atoms with Crippen molar-refractivity contribution in [1.82, 2.24) is 9.55 Å². The molecule has 0 unspecified atom stereocenters. The molecule has 0 bridgehead atoms. The minimum atomic E-state index is -0.852. The second-order valence-corrected chi connectivity index (χ2v) is 6.87. The Hall–Kier alpha value is -3.29. The Morgan fingerprint density at radius 2 is 1.78 bits per heavy atom. The van der Waals surface area contributed by atoms with Crippen LogP contribution in [0.1, 0.15) is 41.7 Å². The van der Waals surface area contributed by atoms with Crippen molar-refractivity contribution in [3.8, 4) is 0 Å². The number of nitrogens with zero attached hydrogens (tertiary/aromatic N) is 2. The number of methoxy groups -OCH3 is 1. The molecule has 1 N–H and O–H groups in total. The highest BCUT2D eigenvalue weighted by Gasteiger charge is 2.26. The number of ketones is 1. The van der Waals surface area contributed by atoms with Crippen molar-refractivity contribution in [2.75, 3.05) is 12.4 Å². The van der Waals surface area contributed by atoms with E-state index in [1.54, 1.807) is 51.1 Å². The van der Waals surface area contributed by atoms with Crippen LogP contribution in [0.2, 0.25) is 0 Å². The normalized spacial score (nSPS) is 11.0. The highest BCUT2D eigenvalue weighted by atomic mass is 16.5. The second-order valence-electron chi connectivity index (χ2n) is 6.87. The molecule has 142 valence electrons. The molecular formula is C19H21N3O5. The molecule has 0 saturated heterocycles. The molecule has 0 saturated carbocycles. The number of ether oxygens (including phenoxy) is 1. The van der Waals surface area contributed by atoms with E-state index in [9.17, 15) is 19.2 Å². The maximum absolute atomic E-state index is 12.8. The molecule has 8 nitrogen and oxygen atoms in total. The summed E-state index contributed by atoms with van der Waals surface area (Å²) >= 11 is 0. The van der Waals surface area contributed by atoms with Gasteiger partial charge in [0, 0.05) is 11.0 Å². The number of esters is 1. The van der Waals surface area contributed by atoms with Gasteiger partial charge in [0.25, 0.3) is 11.5 Å². The first-order valence-corrected chi connectivity index (χ1v) is 8.23.